The second-order valence-electron chi connectivity index (χ2n) is 5.55. The van der Waals surface area contributed by atoms with E-state index in [-0.39, 0.29) is 5.82 Å². The number of benzene rings is 2. The zero-order valence-electron chi connectivity index (χ0n) is 12.4. The van der Waals surface area contributed by atoms with Crippen molar-refractivity contribution in [3.8, 4) is 0 Å². The Morgan fingerprint density at radius 1 is 1.05 bits per heavy atom. The number of aromatic nitrogens is 3. The Hall–Kier alpha value is -2.49. The molecule has 0 N–H and O–H groups in total. The van der Waals surface area contributed by atoms with Gasteiger partial charge in [-0.25, -0.2) is 14.4 Å². The molecule has 0 aliphatic carbocycles. The Morgan fingerprint density at radius 3 is 2.59 bits per heavy atom. The van der Waals surface area contributed by atoms with Crippen LogP contribution in [0.15, 0.2) is 42.5 Å². The van der Waals surface area contributed by atoms with Crippen molar-refractivity contribution in [3.05, 3.63) is 48.3 Å². The van der Waals surface area contributed by atoms with Crippen LogP contribution in [-0.4, -0.2) is 14.5 Å². The highest BCUT2D eigenvalue weighted by Gasteiger charge is 2.14. The number of nitrogens with zero attached hydrogens (tertiary/aromatic N) is 3. The number of para-hydroxylation sites is 2. The molecule has 0 atom stereocenters. The standard InChI is InChI=1S/C18H16FN3/c1-2-3-10-22-16-9-8-12(19)11-13(16)17-18(22)21-15-7-5-4-6-14(15)20-17/h4-9,11H,2-3,10H2,1H3. The maximum absolute atomic E-state index is 13.7. The summed E-state index contributed by atoms with van der Waals surface area (Å²) in [5.41, 5.74) is 4.34. The van der Waals surface area contributed by atoms with Crippen LogP contribution in [0, 0.1) is 5.82 Å². The van der Waals surface area contributed by atoms with Crippen LogP contribution in [0.5, 0.6) is 0 Å². The maximum atomic E-state index is 13.7. The van der Waals surface area contributed by atoms with Gasteiger partial charge in [0.05, 0.1) is 16.6 Å². The van der Waals surface area contributed by atoms with Crippen molar-refractivity contribution >= 4 is 33.1 Å². The Morgan fingerprint density at radius 2 is 1.82 bits per heavy atom. The van der Waals surface area contributed by atoms with E-state index in [4.69, 9.17) is 9.97 Å². The molecule has 0 amide bonds. The molecule has 2 heterocycles. The van der Waals surface area contributed by atoms with Gasteiger partial charge in [-0.1, -0.05) is 25.5 Å². The molecule has 110 valence electrons. The van der Waals surface area contributed by atoms with Gasteiger partial charge in [0.25, 0.3) is 0 Å². The average Bonchev–Trinajstić information content (AvgIpc) is 2.83. The number of fused-ring (bicyclic) bond motifs is 4. The maximum Gasteiger partial charge on any atom is 0.160 e. The van der Waals surface area contributed by atoms with Crippen LogP contribution in [0.2, 0.25) is 0 Å². The minimum atomic E-state index is -0.239. The van der Waals surface area contributed by atoms with Crippen LogP contribution >= 0.6 is 0 Å². The van der Waals surface area contributed by atoms with Crippen LogP contribution in [0.1, 0.15) is 19.8 Å². The monoisotopic (exact) mass is 293 g/mol. The van der Waals surface area contributed by atoms with Gasteiger partial charge in [0.15, 0.2) is 5.65 Å². The molecule has 4 aromatic rings. The molecule has 0 aliphatic heterocycles. The fraction of sp³-hybridized carbons (Fsp3) is 0.222. The lowest BCUT2D eigenvalue weighted by Gasteiger charge is -2.05. The number of unbranched alkanes of at least 4 members (excludes halogenated alkanes) is 1. The molecule has 4 rings (SSSR count). The lowest BCUT2D eigenvalue weighted by atomic mass is 10.2. The summed E-state index contributed by atoms with van der Waals surface area (Å²) >= 11 is 0. The first-order chi connectivity index (χ1) is 10.8. The van der Waals surface area contributed by atoms with Gasteiger partial charge in [-0.15, -0.1) is 0 Å². The summed E-state index contributed by atoms with van der Waals surface area (Å²) in [6.07, 6.45) is 2.16. The smallest absolute Gasteiger partial charge is 0.160 e. The molecule has 22 heavy (non-hydrogen) atoms. The summed E-state index contributed by atoms with van der Waals surface area (Å²) in [6.45, 7) is 3.03. The van der Waals surface area contributed by atoms with Crippen molar-refractivity contribution in [1.29, 1.82) is 0 Å². The number of aryl methyl sites for hydroxylation is 1. The Bertz CT molecular complexity index is 988. The van der Waals surface area contributed by atoms with Crippen molar-refractivity contribution in [3.63, 3.8) is 0 Å². The van der Waals surface area contributed by atoms with E-state index in [2.05, 4.69) is 11.5 Å². The largest absolute Gasteiger partial charge is 0.324 e. The summed E-state index contributed by atoms with van der Waals surface area (Å²) < 4.78 is 15.8. The first-order valence-electron chi connectivity index (χ1n) is 7.62. The normalized spacial score (nSPS) is 11.7. The van der Waals surface area contributed by atoms with Gasteiger partial charge in [0.1, 0.15) is 11.3 Å². The Balaban J connectivity index is 2.13. The van der Waals surface area contributed by atoms with E-state index in [9.17, 15) is 4.39 Å². The van der Waals surface area contributed by atoms with E-state index in [0.717, 1.165) is 52.5 Å². The van der Waals surface area contributed by atoms with Crippen LogP contribution in [0.25, 0.3) is 33.1 Å². The molecule has 2 aromatic carbocycles. The van der Waals surface area contributed by atoms with E-state index in [1.165, 1.54) is 6.07 Å². The second-order valence-corrected chi connectivity index (χ2v) is 5.55. The third-order valence-corrected chi connectivity index (χ3v) is 4.05. The quantitative estimate of drug-likeness (QED) is 0.549. The fourth-order valence-electron chi connectivity index (χ4n) is 2.95. The van der Waals surface area contributed by atoms with E-state index in [1.807, 2.05) is 30.3 Å². The van der Waals surface area contributed by atoms with Gasteiger partial charge in [-0.05, 0) is 36.8 Å². The average molecular weight is 293 g/mol. The summed E-state index contributed by atoms with van der Waals surface area (Å²) in [4.78, 5) is 9.50. The first-order valence-corrected chi connectivity index (χ1v) is 7.62. The first kappa shape index (κ1) is 13.2. The minimum Gasteiger partial charge on any atom is -0.324 e. The summed E-state index contributed by atoms with van der Waals surface area (Å²) in [6, 6.07) is 12.7. The van der Waals surface area contributed by atoms with Crippen molar-refractivity contribution in [2.24, 2.45) is 0 Å². The molecule has 3 nitrogen and oxygen atoms in total. The van der Waals surface area contributed by atoms with Crippen LogP contribution in [-0.2, 0) is 6.54 Å². The highest BCUT2D eigenvalue weighted by atomic mass is 19.1. The van der Waals surface area contributed by atoms with E-state index in [0.29, 0.717) is 0 Å². The third kappa shape index (κ3) is 1.95. The van der Waals surface area contributed by atoms with Crippen LogP contribution in [0.3, 0.4) is 0 Å². The second kappa shape index (κ2) is 5.05. The van der Waals surface area contributed by atoms with Crippen LogP contribution in [0.4, 0.5) is 4.39 Å². The van der Waals surface area contributed by atoms with Crippen molar-refractivity contribution in [1.82, 2.24) is 14.5 Å². The molecule has 0 saturated heterocycles. The third-order valence-electron chi connectivity index (χ3n) is 4.05. The molecule has 0 aliphatic rings. The van der Waals surface area contributed by atoms with Crippen molar-refractivity contribution in [2.75, 3.05) is 0 Å². The Kier molecular flexibility index (Phi) is 3.03. The van der Waals surface area contributed by atoms with Gasteiger partial charge < -0.3 is 4.57 Å². The zero-order valence-corrected chi connectivity index (χ0v) is 12.4. The topological polar surface area (TPSA) is 30.7 Å². The highest BCUT2D eigenvalue weighted by molar-refractivity contribution is 6.06. The van der Waals surface area contributed by atoms with E-state index < -0.39 is 0 Å². The summed E-state index contributed by atoms with van der Waals surface area (Å²) in [5, 5.41) is 0.837. The molecule has 0 bridgehead atoms. The van der Waals surface area contributed by atoms with Crippen LogP contribution < -0.4 is 0 Å². The molecule has 0 saturated carbocycles. The molecular formula is C18H16FN3. The van der Waals surface area contributed by atoms with E-state index >= 15 is 0 Å². The van der Waals surface area contributed by atoms with Gasteiger partial charge in [0.2, 0.25) is 0 Å². The van der Waals surface area contributed by atoms with Gasteiger partial charge in [0, 0.05) is 11.9 Å². The molecule has 0 radical (unpaired) electrons. The van der Waals surface area contributed by atoms with Gasteiger partial charge in [-0.2, -0.15) is 0 Å². The predicted molar refractivity (Wildman–Crippen MR) is 87.4 cm³/mol. The number of hydrogen-bond donors (Lipinski definition) is 0. The molecular weight excluding hydrogens is 277 g/mol. The lowest BCUT2D eigenvalue weighted by molar-refractivity contribution is 0.628. The SMILES string of the molecule is CCCCn1c2ccc(F)cc2c2nc3ccccc3nc21. The lowest BCUT2D eigenvalue weighted by Crippen LogP contribution is -1.99. The molecule has 4 heteroatoms. The minimum absolute atomic E-state index is 0.239. The Labute approximate surface area is 127 Å². The molecule has 2 aromatic heterocycles. The summed E-state index contributed by atoms with van der Waals surface area (Å²) in [5.74, 6) is -0.239. The fourth-order valence-corrected chi connectivity index (χ4v) is 2.95. The molecule has 0 fully saturated rings. The van der Waals surface area contributed by atoms with Gasteiger partial charge in [-0.3, -0.25) is 0 Å². The summed E-state index contributed by atoms with van der Waals surface area (Å²) in [7, 11) is 0. The van der Waals surface area contributed by atoms with Gasteiger partial charge >= 0.3 is 0 Å². The predicted octanol–water partition coefficient (Wildman–Crippen LogP) is 4.68. The molecule has 0 unspecified atom stereocenters. The van der Waals surface area contributed by atoms with E-state index in [1.54, 1.807) is 6.07 Å². The number of halogens is 1. The highest BCUT2D eigenvalue weighted by Crippen LogP contribution is 2.29. The number of hydrogen-bond acceptors (Lipinski definition) is 2. The van der Waals surface area contributed by atoms with Crippen molar-refractivity contribution in [2.45, 2.75) is 26.3 Å². The van der Waals surface area contributed by atoms with Crippen molar-refractivity contribution < 1.29 is 4.39 Å². The number of rotatable bonds is 3. The molecule has 0 spiro atoms. The zero-order chi connectivity index (χ0) is 15.1.